The van der Waals surface area contributed by atoms with Crippen LogP contribution in [0.3, 0.4) is 0 Å². The minimum absolute atomic E-state index is 0.917. The van der Waals surface area contributed by atoms with Crippen LogP contribution in [0.1, 0.15) is 5.76 Å². The zero-order valence-electron chi connectivity index (χ0n) is 4.92. The normalized spacial score (nSPS) is 10.8. The van der Waals surface area contributed by atoms with Crippen molar-refractivity contribution in [1.29, 1.82) is 0 Å². The van der Waals surface area contributed by atoms with Gasteiger partial charge in [-0.05, 0) is 18.4 Å². The van der Waals surface area contributed by atoms with Gasteiger partial charge in [-0.15, -0.1) is 11.3 Å². The van der Waals surface area contributed by atoms with Gasteiger partial charge in [0.25, 0.3) is 0 Å². The lowest BCUT2D eigenvalue weighted by atomic mass is 10.4. The maximum absolute atomic E-state index is 4.92. The molecule has 0 aliphatic carbocycles. The first-order chi connectivity index (χ1) is 4.38. The molecule has 0 spiro atoms. The van der Waals surface area contributed by atoms with Gasteiger partial charge in [-0.1, -0.05) is 5.16 Å². The predicted octanol–water partition coefficient (Wildman–Crippen LogP) is 2.20. The smallest absolute Gasteiger partial charge is 0.151 e. The summed E-state index contributed by atoms with van der Waals surface area (Å²) in [5.41, 5.74) is 0.970. The molecule has 0 aliphatic rings. The molecular formula is C6H5NOS. The molecule has 0 radical (unpaired) electrons. The highest BCUT2D eigenvalue weighted by Gasteiger charge is 2.02. The number of nitrogens with zero attached hydrogens (tertiary/aromatic N) is 1. The fraction of sp³-hybridized carbons (Fsp3) is 0.167. The van der Waals surface area contributed by atoms with Gasteiger partial charge in [0.2, 0.25) is 0 Å². The monoisotopic (exact) mass is 139 g/mol. The molecule has 46 valence electrons. The summed E-state index contributed by atoms with van der Waals surface area (Å²) in [7, 11) is 0. The number of fused-ring (bicyclic) bond motifs is 1. The van der Waals surface area contributed by atoms with Crippen LogP contribution in [0.25, 0.3) is 10.2 Å². The summed E-state index contributed by atoms with van der Waals surface area (Å²) in [5, 5.41) is 5.83. The van der Waals surface area contributed by atoms with Gasteiger partial charge in [-0.3, -0.25) is 0 Å². The minimum Gasteiger partial charge on any atom is -0.360 e. The SMILES string of the molecule is Cc1onc2ccsc12. The summed E-state index contributed by atoms with van der Waals surface area (Å²) in [4.78, 5) is 0. The Hall–Kier alpha value is -0.830. The number of hydrogen-bond acceptors (Lipinski definition) is 3. The Morgan fingerprint density at radius 2 is 2.56 bits per heavy atom. The average molecular weight is 139 g/mol. The van der Waals surface area contributed by atoms with E-state index < -0.39 is 0 Å². The van der Waals surface area contributed by atoms with Crippen LogP contribution >= 0.6 is 11.3 Å². The Morgan fingerprint density at radius 3 is 3.33 bits per heavy atom. The Morgan fingerprint density at radius 1 is 1.67 bits per heavy atom. The van der Waals surface area contributed by atoms with E-state index in [-0.39, 0.29) is 0 Å². The van der Waals surface area contributed by atoms with Crippen LogP contribution in [0.5, 0.6) is 0 Å². The van der Waals surface area contributed by atoms with E-state index in [1.807, 2.05) is 18.4 Å². The summed E-state index contributed by atoms with van der Waals surface area (Å²) in [6.07, 6.45) is 0. The standard InChI is InChI=1S/C6H5NOS/c1-4-6-5(7-8-4)2-3-9-6/h2-3H,1H3. The third-order valence-corrected chi connectivity index (χ3v) is 2.25. The van der Waals surface area contributed by atoms with Gasteiger partial charge >= 0.3 is 0 Å². The molecule has 3 heteroatoms. The molecule has 0 aliphatic heterocycles. The van der Waals surface area contributed by atoms with Gasteiger partial charge in [0, 0.05) is 0 Å². The third kappa shape index (κ3) is 0.580. The fourth-order valence-electron chi connectivity index (χ4n) is 0.797. The van der Waals surface area contributed by atoms with Crippen molar-refractivity contribution in [3.63, 3.8) is 0 Å². The number of aromatic nitrogens is 1. The number of hydrogen-bond donors (Lipinski definition) is 0. The lowest BCUT2D eigenvalue weighted by Gasteiger charge is -1.71. The summed E-state index contributed by atoms with van der Waals surface area (Å²) < 4.78 is 6.08. The van der Waals surface area contributed by atoms with Crippen LogP contribution in [0.2, 0.25) is 0 Å². The summed E-state index contributed by atoms with van der Waals surface area (Å²) in [5.74, 6) is 0.917. The highest BCUT2D eigenvalue weighted by molar-refractivity contribution is 7.17. The van der Waals surface area contributed by atoms with E-state index in [1.54, 1.807) is 11.3 Å². The summed E-state index contributed by atoms with van der Waals surface area (Å²) >= 11 is 1.66. The Bertz CT molecular complexity index is 322. The van der Waals surface area contributed by atoms with Crippen molar-refractivity contribution in [2.75, 3.05) is 0 Å². The molecule has 0 aromatic carbocycles. The summed E-state index contributed by atoms with van der Waals surface area (Å²) in [6.45, 7) is 1.92. The first-order valence-corrected chi connectivity index (χ1v) is 3.55. The first kappa shape index (κ1) is 4.99. The highest BCUT2D eigenvalue weighted by atomic mass is 32.1. The van der Waals surface area contributed by atoms with Crippen molar-refractivity contribution >= 4 is 21.6 Å². The lowest BCUT2D eigenvalue weighted by Crippen LogP contribution is -1.53. The lowest BCUT2D eigenvalue weighted by molar-refractivity contribution is 0.405. The average Bonchev–Trinajstić information content (AvgIpc) is 2.35. The molecular weight excluding hydrogens is 134 g/mol. The highest BCUT2D eigenvalue weighted by Crippen LogP contribution is 2.22. The van der Waals surface area contributed by atoms with Crippen LogP contribution in [-0.4, -0.2) is 5.16 Å². The van der Waals surface area contributed by atoms with Crippen molar-refractivity contribution in [2.24, 2.45) is 0 Å². The first-order valence-electron chi connectivity index (χ1n) is 2.67. The van der Waals surface area contributed by atoms with Gasteiger partial charge in [-0.2, -0.15) is 0 Å². The number of thiophene rings is 1. The second-order valence-corrected chi connectivity index (χ2v) is 2.79. The Labute approximate surface area is 56.1 Å². The Balaban J connectivity index is 2.99. The second-order valence-electron chi connectivity index (χ2n) is 1.87. The van der Waals surface area contributed by atoms with Crippen LogP contribution in [0, 0.1) is 6.92 Å². The van der Waals surface area contributed by atoms with Crippen LogP contribution in [0.4, 0.5) is 0 Å². The van der Waals surface area contributed by atoms with Crippen molar-refractivity contribution in [3.8, 4) is 0 Å². The molecule has 2 nitrogen and oxygen atoms in total. The van der Waals surface area contributed by atoms with Gasteiger partial charge in [0.05, 0.1) is 4.70 Å². The minimum atomic E-state index is 0.917. The van der Waals surface area contributed by atoms with Crippen LogP contribution in [-0.2, 0) is 0 Å². The third-order valence-electron chi connectivity index (χ3n) is 1.25. The molecule has 0 unspecified atom stereocenters. The molecule has 2 aromatic heterocycles. The molecule has 0 N–H and O–H groups in total. The van der Waals surface area contributed by atoms with Crippen molar-refractivity contribution in [3.05, 3.63) is 17.2 Å². The quantitative estimate of drug-likeness (QED) is 0.559. The Kier molecular flexibility index (Phi) is 0.873. The molecule has 2 aromatic rings. The van der Waals surface area contributed by atoms with Crippen LogP contribution in [0.15, 0.2) is 16.0 Å². The van der Waals surface area contributed by atoms with E-state index >= 15 is 0 Å². The largest absolute Gasteiger partial charge is 0.360 e. The van der Waals surface area contributed by atoms with Crippen molar-refractivity contribution in [2.45, 2.75) is 6.92 Å². The second kappa shape index (κ2) is 1.57. The topological polar surface area (TPSA) is 26.0 Å². The van der Waals surface area contributed by atoms with E-state index in [1.165, 1.54) is 0 Å². The van der Waals surface area contributed by atoms with Gasteiger partial charge in [0.1, 0.15) is 5.52 Å². The molecule has 0 atom stereocenters. The van der Waals surface area contributed by atoms with E-state index in [0.29, 0.717) is 0 Å². The van der Waals surface area contributed by atoms with Gasteiger partial charge < -0.3 is 4.52 Å². The predicted molar refractivity (Wildman–Crippen MR) is 36.6 cm³/mol. The van der Waals surface area contributed by atoms with Gasteiger partial charge in [-0.25, -0.2) is 0 Å². The number of rotatable bonds is 0. The zero-order chi connectivity index (χ0) is 6.27. The van der Waals surface area contributed by atoms with Crippen molar-refractivity contribution < 1.29 is 4.52 Å². The molecule has 0 fully saturated rings. The van der Waals surface area contributed by atoms with E-state index in [0.717, 1.165) is 16.0 Å². The van der Waals surface area contributed by atoms with Crippen molar-refractivity contribution in [1.82, 2.24) is 5.16 Å². The van der Waals surface area contributed by atoms with E-state index in [9.17, 15) is 0 Å². The fourth-order valence-corrected chi connectivity index (χ4v) is 1.56. The zero-order valence-corrected chi connectivity index (χ0v) is 5.73. The van der Waals surface area contributed by atoms with Gasteiger partial charge in [0.15, 0.2) is 5.76 Å². The van der Waals surface area contributed by atoms with E-state index in [2.05, 4.69) is 5.16 Å². The summed E-state index contributed by atoms with van der Waals surface area (Å²) in [6, 6.07) is 1.95. The van der Waals surface area contributed by atoms with Crippen LogP contribution < -0.4 is 0 Å². The molecule has 9 heavy (non-hydrogen) atoms. The molecule has 0 bridgehead atoms. The number of aryl methyl sites for hydroxylation is 1. The molecule has 0 amide bonds. The molecule has 2 rings (SSSR count). The molecule has 2 heterocycles. The molecule has 0 saturated carbocycles. The maximum Gasteiger partial charge on any atom is 0.151 e. The maximum atomic E-state index is 4.92. The molecule has 0 saturated heterocycles. The van der Waals surface area contributed by atoms with E-state index in [4.69, 9.17) is 4.52 Å².